The van der Waals surface area contributed by atoms with Crippen LogP contribution in [0.3, 0.4) is 0 Å². The van der Waals surface area contributed by atoms with E-state index >= 15 is 0 Å². The minimum atomic E-state index is -0.378. The van der Waals surface area contributed by atoms with E-state index in [2.05, 4.69) is 10.6 Å². The summed E-state index contributed by atoms with van der Waals surface area (Å²) in [5.74, 6) is -0.0851. The molecule has 22 heavy (non-hydrogen) atoms. The van der Waals surface area contributed by atoms with Crippen LogP contribution in [0, 0.1) is 0 Å². The summed E-state index contributed by atoms with van der Waals surface area (Å²) in [5, 5.41) is 7.42. The van der Waals surface area contributed by atoms with Crippen LogP contribution >= 0.6 is 0 Å². The van der Waals surface area contributed by atoms with Gasteiger partial charge in [-0.1, -0.05) is 36.4 Å². The van der Waals surface area contributed by atoms with Gasteiger partial charge in [0.15, 0.2) is 0 Å². The first-order valence-electron chi connectivity index (χ1n) is 7.46. The van der Waals surface area contributed by atoms with Crippen LogP contribution < -0.4 is 10.6 Å². The van der Waals surface area contributed by atoms with Crippen molar-refractivity contribution in [1.82, 2.24) is 10.2 Å². The van der Waals surface area contributed by atoms with E-state index < -0.39 is 0 Å². The van der Waals surface area contributed by atoms with Gasteiger partial charge in [0.25, 0.3) is 0 Å². The maximum atomic E-state index is 12.0. The Morgan fingerprint density at radius 2 is 1.68 bits per heavy atom. The molecule has 0 unspecified atom stereocenters. The number of urea groups is 1. The molecular weight excluding hydrogens is 278 g/mol. The normalized spacial score (nSPS) is 10.3. The average Bonchev–Trinajstić information content (AvgIpc) is 2.54. The van der Waals surface area contributed by atoms with Crippen molar-refractivity contribution in [3.05, 3.63) is 42.5 Å². The number of benzene rings is 2. The summed E-state index contributed by atoms with van der Waals surface area (Å²) in [4.78, 5) is 25.5. The third-order valence-corrected chi connectivity index (χ3v) is 3.55. The number of carbonyl (C=O) groups excluding carboxylic acids is 2. The number of hydrogen-bond acceptors (Lipinski definition) is 2. The molecule has 0 spiro atoms. The Morgan fingerprint density at radius 1 is 1.00 bits per heavy atom. The zero-order chi connectivity index (χ0) is 15.9. The first-order valence-corrected chi connectivity index (χ1v) is 7.46. The molecule has 0 radical (unpaired) electrons. The van der Waals surface area contributed by atoms with Crippen LogP contribution in [-0.2, 0) is 4.79 Å². The lowest BCUT2D eigenvalue weighted by molar-refractivity contribution is -0.129. The number of amides is 3. The fourth-order valence-electron chi connectivity index (χ4n) is 2.34. The van der Waals surface area contributed by atoms with Crippen LogP contribution in [0.1, 0.15) is 13.8 Å². The molecule has 2 rings (SSSR count). The van der Waals surface area contributed by atoms with E-state index in [1.165, 1.54) is 0 Å². The van der Waals surface area contributed by atoms with Gasteiger partial charge >= 0.3 is 6.03 Å². The highest BCUT2D eigenvalue weighted by Crippen LogP contribution is 2.22. The van der Waals surface area contributed by atoms with Crippen molar-refractivity contribution in [2.45, 2.75) is 13.8 Å². The third-order valence-electron chi connectivity index (χ3n) is 3.55. The van der Waals surface area contributed by atoms with Gasteiger partial charge in [0, 0.05) is 18.5 Å². The number of nitrogens with zero attached hydrogens (tertiary/aromatic N) is 1. The number of carbonyl (C=O) groups is 2. The molecule has 0 aliphatic rings. The van der Waals surface area contributed by atoms with Gasteiger partial charge in [-0.2, -0.15) is 0 Å². The molecular formula is C17H21N3O2. The van der Waals surface area contributed by atoms with Crippen molar-refractivity contribution >= 4 is 28.4 Å². The molecule has 0 saturated carbocycles. The van der Waals surface area contributed by atoms with Crippen molar-refractivity contribution in [2.75, 3.05) is 25.0 Å². The molecule has 0 fully saturated rings. The molecule has 0 aromatic heterocycles. The Bertz CT molecular complexity index is 661. The molecule has 0 bridgehead atoms. The lowest BCUT2D eigenvalue weighted by Gasteiger charge is -2.18. The van der Waals surface area contributed by atoms with Gasteiger partial charge in [-0.05, 0) is 25.3 Å². The van der Waals surface area contributed by atoms with Crippen LogP contribution in [0.5, 0.6) is 0 Å². The van der Waals surface area contributed by atoms with Crippen LogP contribution in [0.2, 0.25) is 0 Å². The van der Waals surface area contributed by atoms with Gasteiger partial charge in [0.2, 0.25) is 5.91 Å². The average molecular weight is 299 g/mol. The molecule has 5 nitrogen and oxygen atoms in total. The minimum Gasteiger partial charge on any atom is -0.342 e. The highest BCUT2D eigenvalue weighted by molar-refractivity contribution is 6.02. The summed E-state index contributed by atoms with van der Waals surface area (Å²) >= 11 is 0. The lowest BCUT2D eigenvalue weighted by atomic mass is 10.1. The fourth-order valence-corrected chi connectivity index (χ4v) is 2.34. The molecule has 0 aliphatic carbocycles. The Balaban J connectivity index is 1.98. The first kappa shape index (κ1) is 15.8. The Morgan fingerprint density at radius 3 is 2.41 bits per heavy atom. The highest BCUT2D eigenvalue weighted by atomic mass is 16.2. The smallest absolute Gasteiger partial charge is 0.319 e. The molecule has 2 N–H and O–H groups in total. The molecule has 116 valence electrons. The number of anilines is 1. The number of hydrogen-bond donors (Lipinski definition) is 2. The number of rotatable bonds is 5. The molecule has 3 amide bonds. The van der Waals surface area contributed by atoms with Crippen molar-refractivity contribution in [2.24, 2.45) is 0 Å². The van der Waals surface area contributed by atoms with Crippen LogP contribution in [0.15, 0.2) is 42.5 Å². The van der Waals surface area contributed by atoms with E-state index in [1.54, 1.807) is 4.90 Å². The van der Waals surface area contributed by atoms with Crippen molar-refractivity contribution < 1.29 is 9.59 Å². The maximum absolute atomic E-state index is 12.0. The SMILES string of the molecule is CCN(CC)C(=O)CNC(=O)Nc1cccc2ccccc12. The second-order valence-corrected chi connectivity index (χ2v) is 4.90. The zero-order valence-electron chi connectivity index (χ0n) is 12.9. The summed E-state index contributed by atoms with van der Waals surface area (Å²) in [6, 6.07) is 13.2. The van der Waals surface area contributed by atoms with Gasteiger partial charge in [-0.15, -0.1) is 0 Å². The van der Waals surface area contributed by atoms with Crippen molar-refractivity contribution in [3.8, 4) is 0 Å². The van der Waals surface area contributed by atoms with Crippen LogP contribution in [-0.4, -0.2) is 36.5 Å². The Hall–Kier alpha value is -2.56. The Labute approximate surface area is 130 Å². The maximum Gasteiger partial charge on any atom is 0.319 e. The fraction of sp³-hybridized carbons (Fsp3) is 0.294. The van der Waals surface area contributed by atoms with Crippen molar-refractivity contribution in [1.29, 1.82) is 0 Å². The van der Waals surface area contributed by atoms with Gasteiger partial charge in [-0.25, -0.2) is 4.79 Å². The molecule has 0 saturated heterocycles. The van der Waals surface area contributed by atoms with Gasteiger partial charge in [0.05, 0.1) is 12.2 Å². The topological polar surface area (TPSA) is 61.4 Å². The van der Waals surface area contributed by atoms with E-state index in [4.69, 9.17) is 0 Å². The predicted octanol–water partition coefficient (Wildman–Crippen LogP) is 2.83. The van der Waals surface area contributed by atoms with E-state index in [0.29, 0.717) is 13.1 Å². The van der Waals surface area contributed by atoms with Gasteiger partial charge in [0.1, 0.15) is 0 Å². The summed E-state index contributed by atoms with van der Waals surface area (Å²) in [7, 11) is 0. The standard InChI is InChI=1S/C17H21N3O2/c1-3-20(4-2)16(21)12-18-17(22)19-15-11-7-9-13-8-5-6-10-14(13)15/h5-11H,3-4,12H2,1-2H3,(H2,18,19,22). The summed E-state index contributed by atoms with van der Waals surface area (Å²) < 4.78 is 0. The minimum absolute atomic E-state index is 0.00171. The summed E-state index contributed by atoms with van der Waals surface area (Å²) in [5.41, 5.74) is 0.728. The third kappa shape index (κ3) is 3.75. The number of fused-ring (bicyclic) bond motifs is 1. The van der Waals surface area contributed by atoms with E-state index in [9.17, 15) is 9.59 Å². The monoisotopic (exact) mass is 299 g/mol. The van der Waals surface area contributed by atoms with Gasteiger partial charge < -0.3 is 15.5 Å². The molecule has 0 atom stereocenters. The lowest BCUT2D eigenvalue weighted by Crippen LogP contribution is -2.41. The summed E-state index contributed by atoms with van der Waals surface area (Å²) in [6.45, 7) is 5.11. The largest absolute Gasteiger partial charge is 0.342 e. The van der Waals surface area contributed by atoms with Gasteiger partial charge in [-0.3, -0.25) is 4.79 Å². The highest BCUT2D eigenvalue weighted by Gasteiger charge is 2.11. The molecule has 0 heterocycles. The quantitative estimate of drug-likeness (QED) is 0.892. The zero-order valence-corrected chi connectivity index (χ0v) is 12.9. The second-order valence-electron chi connectivity index (χ2n) is 4.90. The number of nitrogens with one attached hydrogen (secondary N) is 2. The molecule has 2 aromatic carbocycles. The Kier molecular flexibility index (Phi) is 5.36. The molecule has 5 heteroatoms. The van der Waals surface area contributed by atoms with Crippen molar-refractivity contribution in [3.63, 3.8) is 0 Å². The number of likely N-dealkylation sites (N-methyl/N-ethyl adjacent to an activating group) is 1. The molecule has 2 aromatic rings. The second kappa shape index (κ2) is 7.45. The van der Waals surface area contributed by atoms with Crippen LogP contribution in [0.4, 0.5) is 10.5 Å². The van der Waals surface area contributed by atoms with E-state index in [-0.39, 0.29) is 18.5 Å². The van der Waals surface area contributed by atoms with E-state index in [1.807, 2.05) is 56.3 Å². The summed E-state index contributed by atoms with van der Waals surface area (Å²) in [6.07, 6.45) is 0. The predicted molar refractivity (Wildman–Crippen MR) is 88.9 cm³/mol. The van der Waals surface area contributed by atoms with E-state index in [0.717, 1.165) is 16.5 Å². The van der Waals surface area contributed by atoms with Crippen LogP contribution in [0.25, 0.3) is 10.8 Å². The molecule has 0 aliphatic heterocycles. The first-order chi connectivity index (χ1) is 10.7.